The highest BCUT2D eigenvalue weighted by molar-refractivity contribution is 5.93. The number of nitrogens with one attached hydrogen (secondary N) is 1. The SMILES string of the molecule is CCOc1ccccc1NC(=O)CN1C(C)CCCC1CO. The van der Waals surface area contributed by atoms with E-state index < -0.39 is 0 Å². The summed E-state index contributed by atoms with van der Waals surface area (Å²) in [6.45, 7) is 4.99. The number of aliphatic hydroxyl groups is 1. The van der Waals surface area contributed by atoms with Gasteiger partial charge in [-0.1, -0.05) is 18.6 Å². The quantitative estimate of drug-likeness (QED) is 0.846. The number of rotatable bonds is 6. The van der Waals surface area contributed by atoms with Crippen molar-refractivity contribution in [2.24, 2.45) is 0 Å². The van der Waals surface area contributed by atoms with Crippen molar-refractivity contribution in [1.82, 2.24) is 4.90 Å². The third kappa shape index (κ3) is 4.21. The molecular weight excluding hydrogens is 280 g/mol. The van der Waals surface area contributed by atoms with Gasteiger partial charge in [-0.15, -0.1) is 0 Å². The van der Waals surface area contributed by atoms with Gasteiger partial charge in [0.1, 0.15) is 5.75 Å². The lowest BCUT2D eigenvalue weighted by molar-refractivity contribution is -0.119. The number of anilines is 1. The van der Waals surface area contributed by atoms with Crippen LogP contribution in [0.1, 0.15) is 33.1 Å². The molecule has 2 rings (SSSR count). The van der Waals surface area contributed by atoms with Crippen LogP contribution in [0.15, 0.2) is 24.3 Å². The lowest BCUT2D eigenvalue weighted by Gasteiger charge is -2.39. The molecule has 0 saturated carbocycles. The molecule has 122 valence electrons. The van der Waals surface area contributed by atoms with Gasteiger partial charge in [0.25, 0.3) is 0 Å². The van der Waals surface area contributed by atoms with Gasteiger partial charge in [-0.25, -0.2) is 0 Å². The summed E-state index contributed by atoms with van der Waals surface area (Å²) in [4.78, 5) is 14.5. The number of benzene rings is 1. The monoisotopic (exact) mass is 306 g/mol. The molecule has 0 spiro atoms. The van der Waals surface area contributed by atoms with Crippen LogP contribution in [0.2, 0.25) is 0 Å². The van der Waals surface area contributed by atoms with E-state index >= 15 is 0 Å². The number of carbonyl (C=O) groups excluding carboxylic acids is 1. The second-order valence-corrected chi connectivity index (χ2v) is 5.77. The molecule has 1 aromatic carbocycles. The van der Waals surface area contributed by atoms with Crippen LogP contribution in [-0.4, -0.2) is 47.8 Å². The first-order valence-corrected chi connectivity index (χ1v) is 8.04. The number of carbonyl (C=O) groups is 1. The van der Waals surface area contributed by atoms with Crippen molar-refractivity contribution in [3.8, 4) is 5.75 Å². The molecule has 0 aromatic heterocycles. The molecule has 5 nitrogen and oxygen atoms in total. The molecule has 5 heteroatoms. The molecular formula is C17H26N2O3. The lowest BCUT2D eigenvalue weighted by atomic mass is 9.97. The minimum atomic E-state index is -0.0700. The van der Waals surface area contributed by atoms with Crippen LogP contribution in [0.5, 0.6) is 5.75 Å². The average molecular weight is 306 g/mol. The number of aliphatic hydroxyl groups excluding tert-OH is 1. The van der Waals surface area contributed by atoms with E-state index in [0.717, 1.165) is 19.3 Å². The van der Waals surface area contributed by atoms with Gasteiger partial charge in [0.2, 0.25) is 5.91 Å². The Morgan fingerprint density at radius 3 is 2.91 bits per heavy atom. The zero-order valence-electron chi connectivity index (χ0n) is 13.4. The molecule has 0 aliphatic carbocycles. The Morgan fingerprint density at radius 2 is 2.18 bits per heavy atom. The van der Waals surface area contributed by atoms with E-state index in [1.807, 2.05) is 31.2 Å². The molecule has 1 saturated heterocycles. The highest BCUT2D eigenvalue weighted by atomic mass is 16.5. The number of ether oxygens (including phenoxy) is 1. The largest absolute Gasteiger partial charge is 0.492 e. The fourth-order valence-corrected chi connectivity index (χ4v) is 3.03. The number of hydrogen-bond donors (Lipinski definition) is 2. The third-order valence-corrected chi connectivity index (χ3v) is 4.19. The van der Waals surface area contributed by atoms with E-state index in [0.29, 0.717) is 30.6 Å². The van der Waals surface area contributed by atoms with Gasteiger partial charge in [0.05, 0.1) is 25.4 Å². The molecule has 22 heavy (non-hydrogen) atoms. The summed E-state index contributed by atoms with van der Waals surface area (Å²) in [6.07, 6.45) is 3.13. The minimum Gasteiger partial charge on any atom is -0.492 e. The fraction of sp³-hybridized carbons (Fsp3) is 0.588. The molecule has 1 aromatic rings. The van der Waals surface area contributed by atoms with Crippen molar-refractivity contribution in [3.63, 3.8) is 0 Å². The molecule has 1 aliphatic rings. The van der Waals surface area contributed by atoms with Crippen molar-refractivity contribution < 1.29 is 14.6 Å². The van der Waals surface area contributed by atoms with Crippen LogP contribution in [0.4, 0.5) is 5.69 Å². The van der Waals surface area contributed by atoms with E-state index in [-0.39, 0.29) is 18.6 Å². The Kier molecular flexibility index (Phi) is 6.21. The molecule has 2 atom stereocenters. The number of likely N-dealkylation sites (tertiary alicyclic amines) is 1. The van der Waals surface area contributed by atoms with Crippen LogP contribution in [-0.2, 0) is 4.79 Å². The van der Waals surface area contributed by atoms with E-state index in [4.69, 9.17) is 4.74 Å². The number of para-hydroxylation sites is 2. The van der Waals surface area contributed by atoms with E-state index in [1.165, 1.54) is 0 Å². The van der Waals surface area contributed by atoms with Crippen LogP contribution >= 0.6 is 0 Å². The first-order chi connectivity index (χ1) is 10.7. The summed E-state index contributed by atoms with van der Waals surface area (Å²) in [7, 11) is 0. The lowest BCUT2D eigenvalue weighted by Crippen LogP contribution is -2.50. The first-order valence-electron chi connectivity index (χ1n) is 8.04. The average Bonchev–Trinajstić information content (AvgIpc) is 2.51. The predicted octanol–water partition coefficient (Wildman–Crippen LogP) is 2.26. The fourth-order valence-electron chi connectivity index (χ4n) is 3.03. The summed E-state index contributed by atoms with van der Waals surface area (Å²) >= 11 is 0. The second-order valence-electron chi connectivity index (χ2n) is 5.77. The molecule has 1 aliphatic heterocycles. The van der Waals surface area contributed by atoms with Crippen molar-refractivity contribution in [2.45, 2.75) is 45.2 Å². The van der Waals surface area contributed by atoms with Crippen LogP contribution in [0.25, 0.3) is 0 Å². The van der Waals surface area contributed by atoms with Gasteiger partial charge in [0, 0.05) is 12.1 Å². The van der Waals surface area contributed by atoms with E-state index in [2.05, 4.69) is 17.1 Å². The zero-order chi connectivity index (χ0) is 15.9. The molecule has 1 fully saturated rings. The summed E-state index contributed by atoms with van der Waals surface area (Å²) < 4.78 is 5.52. The molecule has 2 N–H and O–H groups in total. The maximum Gasteiger partial charge on any atom is 0.238 e. The van der Waals surface area contributed by atoms with Crippen LogP contribution in [0.3, 0.4) is 0 Å². The second kappa shape index (κ2) is 8.15. The van der Waals surface area contributed by atoms with Crippen LogP contribution < -0.4 is 10.1 Å². The molecule has 0 bridgehead atoms. The third-order valence-electron chi connectivity index (χ3n) is 4.19. The van der Waals surface area contributed by atoms with Gasteiger partial charge in [-0.05, 0) is 38.8 Å². The van der Waals surface area contributed by atoms with E-state index in [1.54, 1.807) is 0 Å². The van der Waals surface area contributed by atoms with Crippen molar-refractivity contribution >= 4 is 11.6 Å². The van der Waals surface area contributed by atoms with Gasteiger partial charge in [-0.3, -0.25) is 9.69 Å². The topological polar surface area (TPSA) is 61.8 Å². The first kappa shape index (κ1) is 16.8. The Morgan fingerprint density at radius 1 is 1.41 bits per heavy atom. The van der Waals surface area contributed by atoms with Gasteiger partial charge >= 0.3 is 0 Å². The van der Waals surface area contributed by atoms with E-state index in [9.17, 15) is 9.90 Å². The number of piperidine rings is 1. The standard InChI is InChI=1S/C17H26N2O3/c1-3-22-16-10-5-4-9-15(16)18-17(21)11-19-13(2)7-6-8-14(19)12-20/h4-5,9-10,13-14,20H,3,6-8,11-12H2,1-2H3,(H,18,21). The normalized spacial score (nSPS) is 22.3. The summed E-state index contributed by atoms with van der Waals surface area (Å²) in [5.41, 5.74) is 0.694. The van der Waals surface area contributed by atoms with Crippen LogP contribution in [0, 0.1) is 0 Å². The molecule has 1 amide bonds. The summed E-state index contributed by atoms with van der Waals surface area (Å²) in [6, 6.07) is 7.84. The summed E-state index contributed by atoms with van der Waals surface area (Å²) in [5, 5.41) is 12.4. The Labute approximate surface area is 132 Å². The van der Waals surface area contributed by atoms with Gasteiger partial charge in [0.15, 0.2) is 0 Å². The van der Waals surface area contributed by atoms with Gasteiger partial charge in [-0.2, -0.15) is 0 Å². The molecule has 0 radical (unpaired) electrons. The summed E-state index contributed by atoms with van der Waals surface area (Å²) in [5.74, 6) is 0.614. The Hall–Kier alpha value is -1.59. The predicted molar refractivity (Wildman–Crippen MR) is 87.1 cm³/mol. The number of hydrogen-bond acceptors (Lipinski definition) is 4. The van der Waals surface area contributed by atoms with Gasteiger partial charge < -0.3 is 15.2 Å². The molecule has 2 unspecified atom stereocenters. The maximum absolute atomic E-state index is 12.4. The number of amides is 1. The maximum atomic E-state index is 12.4. The zero-order valence-corrected chi connectivity index (χ0v) is 13.4. The molecule has 1 heterocycles. The Bertz CT molecular complexity index is 493. The van der Waals surface area contributed by atoms with Crippen molar-refractivity contribution in [2.75, 3.05) is 25.1 Å². The van der Waals surface area contributed by atoms with Crippen molar-refractivity contribution in [1.29, 1.82) is 0 Å². The minimum absolute atomic E-state index is 0.0700. The van der Waals surface area contributed by atoms with Crippen molar-refractivity contribution in [3.05, 3.63) is 24.3 Å². The number of nitrogens with zero attached hydrogens (tertiary/aromatic N) is 1. The smallest absolute Gasteiger partial charge is 0.238 e. The highest BCUT2D eigenvalue weighted by Gasteiger charge is 2.28. The Balaban J connectivity index is 2.00. The highest BCUT2D eigenvalue weighted by Crippen LogP contribution is 2.25.